The summed E-state index contributed by atoms with van der Waals surface area (Å²) in [5.74, 6) is 2.01. The number of anilines is 2. The maximum atomic E-state index is 6.36. The summed E-state index contributed by atoms with van der Waals surface area (Å²) < 4.78 is 0. The minimum absolute atomic E-state index is 0.511. The van der Waals surface area contributed by atoms with E-state index in [0.29, 0.717) is 16.8 Å². The van der Waals surface area contributed by atoms with Gasteiger partial charge in [-0.2, -0.15) is 0 Å². The van der Waals surface area contributed by atoms with Gasteiger partial charge in [0.25, 0.3) is 0 Å². The van der Waals surface area contributed by atoms with Gasteiger partial charge in [0.1, 0.15) is 0 Å². The van der Waals surface area contributed by atoms with Gasteiger partial charge in [-0.25, -0.2) is 9.97 Å². The highest BCUT2D eigenvalue weighted by molar-refractivity contribution is 6.33. The molecule has 0 bridgehead atoms. The van der Waals surface area contributed by atoms with Crippen molar-refractivity contribution in [1.82, 2.24) is 14.9 Å². The third kappa shape index (κ3) is 4.07. The summed E-state index contributed by atoms with van der Waals surface area (Å²) >= 11 is 12.5. The Morgan fingerprint density at radius 2 is 1.77 bits per heavy atom. The third-order valence-electron chi connectivity index (χ3n) is 6.53. The monoisotopic (exact) mass is 455 g/mol. The SMILES string of the molecule is Cc1cc2nc(N)c(N3CCN(Cc4cc(Cl)ccc4Cl)CC3)nc2c(C)c1C1CC1. The molecule has 2 heterocycles. The Balaban J connectivity index is 1.36. The Morgan fingerprint density at radius 1 is 1.03 bits per heavy atom. The van der Waals surface area contributed by atoms with E-state index in [-0.39, 0.29) is 0 Å². The van der Waals surface area contributed by atoms with Gasteiger partial charge < -0.3 is 10.6 Å². The first kappa shape index (κ1) is 20.8. The van der Waals surface area contributed by atoms with Gasteiger partial charge in [-0.15, -0.1) is 0 Å². The summed E-state index contributed by atoms with van der Waals surface area (Å²) in [6.45, 7) is 8.66. The predicted molar refractivity (Wildman–Crippen MR) is 129 cm³/mol. The molecule has 0 radical (unpaired) electrons. The first-order valence-corrected chi connectivity index (χ1v) is 11.6. The largest absolute Gasteiger partial charge is 0.381 e. The van der Waals surface area contributed by atoms with Crippen molar-refractivity contribution in [3.63, 3.8) is 0 Å². The number of nitrogen functional groups attached to an aromatic ring is 1. The lowest BCUT2D eigenvalue weighted by atomic mass is 9.97. The van der Waals surface area contributed by atoms with Crippen LogP contribution in [0.3, 0.4) is 0 Å². The van der Waals surface area contributed by atoms with Crippen LogP contribution in [0, 0.1) is 13.8 Å². The highest BCUT2D eigenvalue weighted by Gasteiger charge is 2.29. The van der Waals surface area contributed by atoms with Crippen molar-refractivity contribution in [3.8, 4) is 0 Å². The molecule has 5 nitrogen and oxygen atoms in total. The molecule has 2 N–H and O–H groups in total. The van der Waals surface area contributed by atoms with Crippen LogP contribution in [0.2, 0.25) is 10.0 Å². The van der Waals surface area contributed by atoms with E-state index >= 15 is 0 Å². The molecule has 1 saturated carbocycles. The number of nitrogens with two attached hydrogens (primary N) is 1. The Hall–Kier alpha value is -2.08. The maximum absolute atomic E-state index is 6.36. The molecule has 0 unspecified atom stereocenters. The molecule has 7 heteroatoms. The molecular formula is C24H27Cl2N5. The number of nitrogens with zero attached hydrogens (tertiary/aromatic N) is 4. The summed E-state index contributed by atoms with van der Waals surface area (Å²) in [7, 11) is 0. The molecule has 0 amide bonds. The maximum Gasteiger partial charge on any atom is 0.172 e. The molecular weight excluding hydrogens is 429 g/mol. The van der Waals surface area contributed by atoms with E-state index in [2.05, 4.69) is 29.7 Å². The fourth-order valence-electron chi connectivity index (χ4n) is 4.79. The van der Waals surface area contributed by atoms with Crippen LogP contribution in [0.15, 0.2) is 24.3 Å². The van der Waals surface area contributed by atoms with Crippen molar-refractivity contribution in [3.05, 3.63) is 56.6 Å². The lowest BCUT2D eigenvalue weighted by molar-refractivity contribution is 0.249. The molecule has 1 aromatic heterocycles. The molecule has 162 valence electrons. The number of aryl methyl sites for hydroxylation is 2. The highest BCUT2D eigenvalue weighted by atomic mass is 35.5. The number of halogens is 2. The standard InChI is InChI=1S/C24H27Cl2N5/c1-14-11-20-22(15(2)21(14)16-3-4-16)29-24(23(27)28-20)31-9-7-30(8-10-31)13-17-12-18(25)5-6-19(17)26/h5-6,11-12,16H,3-4,7-10,13H2,1-2H3,(H2,27,28). The number of rotatable bonds is 4. The van der Waals surface area contributed by atoms with Crippen molar-refractivity contribution in [2.75, 3.05) is 36.8 Å². The zero-order chi connectivity index (χ0) is 21.7. The van der Waals surface area contributed by atoms with Crippen molar-refractivity contribution in [2.45, 2.75) is 39.2 Å². The van der Waals surface area contributed by atoms with Crippen LogP contribution in [0.4, 0.5) is 11.6 Å². The Morgan fingerprint density at radius 3 is 2.48 bits per heavy atom. The zero-order valence-corrected chi connectivity index (χ0v) is 19.5. The quantitative estimate of drug-likeness (QED) is 0.575. The smallest absolute Gasteiger partial charge is 0.172 e. The average molecular weight is 456 g/mol. The van der Waals surface area contributed by atoms with Gasteiger partial charge in [-0.3, -0.25) is 4.90 Å². The van der Waals surface area contributed by atoms with Crippen LogP contribution >= 0.6 is 23.2 Å². The average Bonchev–Trinajstić information content (AvgIpc) is 3.56. The van der Waals surface area contributed by atoms with Crippen molar-refractivity contribution in [1.29, 1.82) is 0 Å². The van der Waals surface area contributed by atoms with E-state index in [9.17, 15) is 0 Å². The van der Waals surface area contributed by atoms with Crippen molar-refractivity contribution >= 4 is 45.9 Å². The molecule has 2 aliphatic rings. The molecule has 0 atom stereocenters. The van der Waals surface area contributed by atoms with Crippen LogP contribution in [-0.4, -0.2) is 41.0 Å². The highest BCUT2D eigenvalue weighted by Crippen LogP contribution is 2.44. The lowest BCUT2D eigenvalue weighted by Crippen LogP contribution is -2.46. The summed E-state index contributed by atoms with van der Waals surface area (Å²) in [6.07, 6.45) is 2.56. The van der Waals surface area contributed by atoms with E-state index in [0.717, 1.165) is 60.2 Å². The number of benzene rings is 2. The normalized spacial score (nSPS) is 17.5. The second-order valence-corrected chi connectivity index (χ2v) is 9.65. The van der Waals surface area contributed by atoms with Gasteiger partial charge >= 0.3 is 0 Å². The molecule has 3 aromatic rings. The van der Waals surface area contributed by atoms with E-state index in [1.54, 1.807) is 0 Å². The van der Waals surface area contributed by atoms with Gasteiger partial charge in [-0.05, 0) is 79.1 Å². The third-order valence-corrected chi connectivity index (χ3v) is 7.13. The van der Waals surface area contributed by atoms with E-state index in [4.69, 9.17) is 38.9 Å². The van der Waals surface area contributed by atoms with Crippen LogP contribution < -0.4 is 10.6 Å². The number of hydrogen-bond donors (Lipinski definition) is 1. The van der Waals surface area contributed by atoms with Crippen molar-refractivity contribution < 1.29 is 0 Å². The second kappa shape index (κ2) is 8.12. The zero-order valence-electron chi connectivity index (χ0n) is 18.0. The topological polar surface area (TPSA) is 58.3 Å². The van der Waals surface area contributed by atoms with Crippen LogP contribution in [0.25, 0.3) is 11.0 Å². The molecule has 1 aliphatic carbocycles. The number of piperazine rings is 1. The van der Waals surface area contributed by atoms with Crippen molar-refractivity contribution in [2.24, 2.45) is 0 Å². The summed E-state index contributed by atoms with van der Waals surface area (Å²) in [4.78, 5) is 14.4. The second-order valence-electron chi connectivity index (χ2n) is 8.81. The molecule has 1 saturated heterocycles. The molecule has 2 fully saturated rings. The van der Waals surface area contributed by atoms with E-state index in [1.807, 2.05) is 18.2 Å². The molecule has 5 rings (SSSR count). The fraction of sp³-hybridized carbons (Fsp3) is 0.417. The van der Waals surface area contributed by atoms with Gasteiger partial charge in [0.15, 0.2) is 11.6 Å². The summed E-state index contributed by atoms with van der Waals surface area (Å²) in [6, 6.07) is 7.78. The first-order chi connectivity index (χ1) is 14.9. The van der Waals surface area contributed by atoms with E-state index < -0.39 is 0 Å². The molecule has 31 heavy (non-hydrogen) atoms. The number of hydrogen-bond acceptors (Lipinski definition) is 5. The fourth-order valence-corrected chi connectivity index (χ4v) is 5.16. The Labute approximate surface area is 193 Å². The molecule has 2 aromatic carbocycles. The summed E-state index contributed by atoms with van der Waals surface area (Å²) in [5.41, 5.74) is 13.3. The Kier molecular flexibility index (Phi) is 5.45. The minimum atomic E-state index is 0.511. The molecule has 0 spiro atoms. The Bertz CT molecular complexity index is 1150. The minimum Gasteiger partial charge on any atom is -0.381 e. The van der Waals surface area contributed by atoms with Gasteiger partial charge in [0, 0.05) is 42.8 Å². The lowest BCUT2D eigenvalue weighted by Gasteiger charge is -2.36. The van der Waals surface area contributed by atoms with Crippen LogP contribution in [0.5, 0.6) is 0 Å². The molecule has 1 aliphatic heterocycles. The van der Waals surface area contributed by atoms with E-state index in [1.165, 1.54) is 29.5 Å². The van der Waals surface area contributed by atoms with Crippen LogP contribution in [0.1, 0.15) is 41.0 Å². The first-order valence-electron chi connectivity index (χ1n) is 10.9. The van der Waals surface area contributed by atoms with Gasteiger partial charge in [0.2, 0.25) is 0 Å². The number of fused-ring (bicyclic) bond motifs is 1. The van der Waals surface area contributed by atoms with Gasteiger partial charge in [0.05, 0.1) is 11.0 Å². The predicted octanol–water partition coefficient (Wildman–Crippen LogP) is 5.34. The number of aromatic nitrogens is 2. The van der Waals surface area contributed by atoms with Gasteiger partial charge in [-0.1, -0.05) is 23.2 Å². The van der Waals surface area contributed by atoms with Crippen LogP contribution in [-0.2, 0) is 6.54 Å². The summed E-state index contributed by atoms with van der Waals surface area (Å²) in [5, 5.41) is 1.47.